The number of hydrogen-bond donors (Lipinski definition) is 0. The lowest BCUT2D eigenvalue weighted by Crippen LogP contribution is -2.48. The van der Waals surface area contributed by atoms with Crippen molar-refractivity contribution in [3.63, 3.8) is 0 Å². The molecule has 0 aliphatic carbocycles. The van der Waals surface area contributed by atoms with Crippen LogP contribution in [0.2, 0.25) is 10.0 Å². The normalized spacial score (nSPS) is 17.0. The molecule has 0 N–H and O–H groups in total. The fraction of sp³-hybridized carbons (Fsp3) is 0.444. The Labute approximate surface area is 153 Å². The van der Waals surface area contributed by atoms with Gasteiger partial charge >= 0.3 is 0 Å². The number of amides is 2. The van der Waals surface area contributed by atoms with Gasteiger partial charge in [0.05, 0.1) is 10.0 Å². The number of likely N-dealkylation sites (tertiary alicyclic amines) is 1. The van der Waals surface area contributed by atoms with Crippen molar-refractivity contribution in [2.75, 3.05) is 19.6 Å². The number of benzene rings is 1. The van der Waals surface area contributed by atoms with E-state index in [4.69, 9.17) is 23.2 Å². The number of likely N-dealkylation sites (N-methyl/N-ethyl adjacent to an activating group) is 1. The highest BCUT2D eigenvalue weighted by Crippen LogP contribution is 2.26. The quantitative estimate of drug-likeness (QED) is 0.736. The minimum absolute atomic E-state index is 0.0218. The van der Waals surface area contributed by atoms with Crippen molar-refractivity contribution in [2.45, 2.75) is 32.7 Å². The van der Waals surface area contributed by atoms with Gasteiger partial charge in [-0.15, -0.1) is 0 Å². The van der Waals surface area contributed by atoms with Crippen molar-refractivity contribution in [1.29, 1.82) is 0 Å². The van der Waals surface area contributed by atoms with Crippen molar-refractivity contribution < 1.29 is 9.59 Å². The molecule has 1 heterocycles. The van der Waals surface area contributed by atoms with E-state index in [0.29, 0.717) is 41.7 Å². The fourth-order valence-corrected chi connectivity index (χ4v) is 3.24. The molecule has 24 heavy (non-hydrogen) atoms. The van der Waals surface area contributed by atoms with Gasteiger partial charge in [0, 0.05) is 25.2 Å². The summed E-state index contributed by atoms with van der Waals surface area (Å²) in [7, 11) is 0. The van der Waals surface area contributed by atoms with E-state index in [2.05, 4.69) is 6.58 Å². The molecule has 2 amide bonds. The number of nitrogens with zero attached hydrogens (tertiary/aromatic N) is 2. The van der Waals surface area contributed by atoms with Gasteiger partial charge in [0.15, 0.2) is 0 Å². The van der Waals surface area contributed by atoms with E-state index in [1.165, 1.54) is 0 Å². The second-order valence-corrected chi connectivity index (χ2v) is 6.91. The molecule has 1 aliphatic rings. The summed E-state index contributed by atoms with van der Waals surface area (Å²) in [4.78, 5) is 29.0. The average molecular weight is 369 g/mol. The van der Waals surface area contributed by atoms with Crippen molar-refractivity contribution in [2.24, 2.45) is 0 Å². The first-order valence-corrected chi connectivity index (χ1v) is 8.80. The molecule has 1 atom stereocenters. The van der Waals surface area contributed by atoms with E-state index >= 15 is 0 Å². The van der Waals surface area contributed by atoms with Crippen LogP contribution >= 0.6 is 23.2 Å². The fourth-order valence-electron chi connectivity index (χ4n) is 2.94. The molecule has 1 fully saturated rings. The van der Waals surface area contributed by atoms with Gasteiger partial charge in [-0.1, -0.05) is 35.4 Å². The summed E-state index contributed by atoms with van der Waals surface area (Å²) < 4.78 is 0. The Hall–Kier alpha value is -1.52. The summed E-state index contributed by atoms with van der Waals surface area (Å²) in [5.41, 5.74) is 1.37. The Morgan fingerprint density at radius 1 is 1.33 bits per heavy atom. The minimum Gasteiger partial charge on any atom is -0.337 e. The summed E-state index contributed by atoms with van der Waals surface area (Å²) in [5, 5.41) is 0.739. The molecule has 0 bridgehead atoms. The van der Waals surface area contributed by atoms with Gasteiger partial charge in [0.1, 0.15) is 6.04 Å². The molecule has 1 aliphatic heterocycles. The van der Waals surface area contributed by atoms with Crippen LogP contribution in [0.25, 0.3) is 0 Å². The zero-order valence-electron chi connectivity index (χ0n) is 14.0. The maximum absolute atomic E-state index is 12.8. The lowest BCUT2D eigenvalue weighted by atomic mass is 10.1. The van der Waals surface area contributed by atoms with Crippen LogP contribution in [-0.2, 0) is 4.79 Å². The van der Waals surface area contributed by atoms with Gasteiger partial charge in [0.2, 0.25) is 5.91 Å². The Balaban J connectivity index is 2.19. The van der Waals surface area contributed by atoms with Crippen molar-refractivity contribution in [1.82, 2.24) is 9.80 Å². The predicted molar refractivity (Wildman–Crippen MR) is 97.6 cm³/mol. The molecule has 1 unspecified atom stereocenters. The molecule has 2 rings (SSSR count). The first kappa shape index (κ1) is 18.8. The van der Waals surface area contributed by atoms with E-state index in [-0.39, 0.29) is 11.8 Å². The predicted octanol–water partition coefficient (Wildman–Crippen LogP) is 4.02. The first-order chi connectivity index (χ1) is 11.3. The van der Waals surface area contributed by atoms with E-state index in [9.17, 15) is 9.59 Å². The van der Waals surface area contributed by atoms with Crippen molar-refractivity contribution in [3.8, 4) is 0 Å². The molecule has 0 radical (unpaired) electrons. The van der Waals surface area contributed by atoms with Gasteiger partial charge in [-0.05, 0) is 44.9 Å². The molecule has 0 aromatic heterocycles. The molecular weight excluding hydrogens is 347 g/mol. The van der Waals surface area contributed by atoms with E-state index in [1.54, 1.807) is 28.0 Å². The largest absolute Gasteiger partial charge is 0.337 e. The molecule has 0 spiro atoms. The summed E-state index contributed by atoms with van der Waals surface area (Å²) in [6.07, 6.45) is 1.49. The third-order valence-electron chi connectivity index (χ3n) is 4.12. The average Bonchev–Trinajstić information content (AvgIpc) is 3.03. The summed E-state index contributed by atoms with van der Waals surface area (Å²) in [5.74, 6) is -0.206. The van der Waals surface area contributed by atoms with Gasteiger partial charge in [-0.25, -0.2) is 0 Å². The minimum atomic E-state index is -0.425. The Kier molecular flexibility index (Phi) is 6.30. The Morgan fingerprint density at radius 2 is 2.04 bits per heavy atom. The topological polar surface area (TPSA) is 40.6 Å². The highest BCUT2D eigenvalue weighted by molar-refractivity contribution is 6.42. The molecule has 6 heteroatoms. The molecule has 1 aromatic rings. The third kappa shape index (κ3) is 4.11. The summed E-state index contributed by atoms with van der Waals surface area (Å²) in [6, 6.07) is 4.37. The highest BCUT2D eigenvalue weighted by Gasteiger charge is 2.36. The van der Waals surface area contributed by atoms with Crippen LogP contribution < -0.4 is 0 Å². The number of halogens is 2. The Bertz CT molecular complexity index is 660. The lowest BCUT2D eigenvalue weighted by molar-refractivity contribution is -0.134. The zero-order valence-corrected chi connectivity index (χ0v) is 15.5. The van der Waals surface area contributed by atoms with Crippen LogP contribution in [0.5, 0.6) is 0 Å². The lowest BCUT2D eigenvalue weighted by Gasteiger charge is -2.30. The third-order valence-corrected chi connectivity index (χ3v) is 4.86. The molecule has 4 nitrogen and oxygen atoms in total. The standard InChI is InChI=1S/C18H22Cl2N2O2/c1-4-21(11-12(2)3)18(24)16-6-5-9-22(16)17(23)13-7-8-14(19)15(20)10-13/h7-8,10,16H,2,4-6,9,11H2,1,3H3. The van der Waals surface area contributed by atoms with E-state index in [1.807, 2.05) is 13.8 Å². The highest BCUT2D eigenvalue weighted by atomic mass is 35.5. The van der Waals surface area contributed by atoms with Gasteiger partial charge in [-0.2, -0.15) is 0 Å². The van der Waals surface area contributed by atoms with Gasteiger partial charge in [-0.3, -0.25) is 9.59 Å². The maximum Gasteiger partial charge on any atom is 0.254 e. The Morgan fingerprint density at radius 3 is 2.62 bits per heavy atom. The van der Waals surface area contributed by atoms with Crippen LogP contribution in [0, 0.1) is 0 Å². The molecular formula is C18H22Cl2N2O2. The number of rotatable bonds is 5. The number of hydrogen-bond acceptors (Lipinski definition) is 2. The molecule has 0 saturated carbocycles. The summed E-state index contributed by atoms with van der Waals surface area (Å²) >= 11 is 11.9. The SMILES string of the molecule is C=C(C)CN(CC)C(=O)C1CCCN1C(=O)c1ccc(Cl)c(Cl)c1. The van der Waals surface area contributed by atoms with Crippen LogP contribution in [0.15, 0.2) is 30.4 Å². The monoisotopic (exact) mass is 368 g/mol. The number of carbonyl (C=O) groups is 2. The first-order valence-electron chi connectivity index (χ1n) is 8.04. The van der Waals surface area contributed by atoms with Crippen molar-refractivity contribution >= 4 is 35.0 Å². The van der Waals surface area contributed by atoms with Crippen molar-refractivity contribution in [3.05, 3.63) is 46.0 Å². The molecule has 1 saturated heterocycles. The second kappa shape index (κ2) is 8.04. The van der Waals surface area contributed by atoms with Crippen LogP contribution in [0.1, 0.15) is 37.0 Å². The van der Waals surface area contributed by atoms with Crippen LogP contribution in [0.3, 0.4) is 0 Å². The summed E-state index contributed by atoms with van der Waals surface area (Å²) in [6.45, 7) is 9.37. The van der Waals surface area contributed by atoms with E-state index < -0.39 is 6.04 Å². The molecule has 130 valence electrons. The van der Waals surface area contributed by atoms with E-state index in [0.717, 1.165) is 12.0 Å². The second-order valence-electron chi connectivity index (χ2n) is 6.09. The van der Waals surface area contributed by atoms with Crippen LogP contribution in [-0.4, -0.2) is 47.3 Å². The maximum atomic E-state index is 12.8. The van der Waals surface area contributed by atoms with Gasteiger partial charge in [0.25, 0.3) is 5.91 Å². The smallest absolute Gasteiger partial charge is 0.254 e. The molecule has 1 aromatic carbocycles. The van der Waals surface area contributed by atoms with Gasteiger partial charge < -0.3 is 9.80 Å². The zero-order chi connectivity index (χ0) is 17.9. The van der Waals surface area contributed by atoms with Crippen LogP contribution in [0.4, 0.5) is 0 Å². The number of carbonyl (C=O) groups excluding carboxylic acids is 2.